The molecule has 1 aromatic carbocycles. The Labute approximate surface area is 156 Å². The monoisotopic (exact) mass is 371 g/mol. The zero-order valence-corrected chi connectivity index (χ0v) is 15.7. The normalized spacial score (nSPS) is 11.1. The third-order valence-corrected chi connectivity index (χ3v) is 4.90. The van der Waals surface area contributed by atoms with Gasteiger partial charge in [-0.3, -0.25) is 4.79 Å². The average Bonchev–Trinajstić information content (AvgIpc) is 3.19. The highest BCUT2D eigenvalue weighted by Crippen LogP contribution is 2.25. The molecule has 2 heterocycles. The van der Waals surface area contributed by atoms with E-state index in [2.05, 4.69) is 29.4 Å². The second-order valence-corrected chi connectivity index (χ2v) is 7.12. The van der Waals surface area contributed by atoms with Crippen molar-refractivity contribution >= 4 is 23.4 Å². The van der Waals surface area contributed by atoms with E-state index in [1.54, 1.807) is 12.3 Å². The largest absolute Gasteiger partial charge is 0.469 e. The molecule has 0 aliphatic carbocycles. The Kier molecular flexibility index (Phi) is 5.32. The van der Waals surface area contributed by atoms with Gasteiger partial charge in [-0.2, -0.15) is 0 Å². The first-order valence-electron chi connectivity index (χ1n) is 8.23. The fraction of sp³-hybridized carbons (Fsp3) is 0.278. The van der Waals surface area contributed by atoms with Crippen LogP contribution in [0.5, 0.6) is 0 Å². The summed E-state index contributed by atoms with van der Waals surface area (Å²) in [5, 5.41) is 11.5. The van der Waals surface area contributed by atoms with Crippen LogP contribution in [-0.4, -0.2) is 26.5 Å². The van der Waals surface area contributed by atoms with Crippen LogP contribution in [0.3, 0.4) is 0 Å². The Morgan fingerprint density at radius 3 is 2.62 bits per heavy atom. The van der Waals surface area contributed by atoms with Crippen molar-refractivity contribution in [3.8, 4) is 11.4 Å². The Morgan fingerprint density at radius 1 is 1.27 bits per heavy atom. The van der Waals surface area contributed by atoms with Crippen molar-refractivity contribution in [2.45, 2.75) is 31.8 Å². The molecule has 0 saturated carbocycles. The van der Waals surface area contributed by atoms with Crippen LogP contribution in [0.4, 0.5) is 5.69 Å². The van der Waals surface area contributed by atoms with Gasteiger partial charge < -0.3 is 15.6 Å². The zero-order valence-electron chi connectivity index (χ0n) is 14.9. The molecule has 7 nitrogen and oxygen atoms in total. The summed E-state index contributed by atoms with van der Waals surface area (Å²) in [6.45, 7) is 6.09. The van der Waals surface area contributed by atoms with E-state index in [4.69, 9.17) is 10.3 Å². The van der Waals surface area contributed by atoms with Gasteiger partial charge in [0.15, 0.2) is 5.82 Å². The first-order chi connectivity index (χ1) is 12.5. The van der Waals surface area contributed by atoms with Gasteiger partial charge in [-0.1, -0.05) is 37.7 Å². The van der Waals surface area contributed by atoms with E-state index >= 15 is 0 Å². The van der Waals surface area contributed by atoms with E-state index in [1.807, 2.05) is 31.2 Å². The molecule has 0 aliphatic rings. The molecule has 3 aromatic rings. The number of carbonyl (C=O) groups excluding carboxylic acids is 1. The van der Waals surface area contributed by atoms with Crippen LogP contribution in [0.2, 0.25) is 0 Å². The molecular weight excluding hydrogens is 350 g/mol. The lowest BCUT2D eigenvalue weighted by Gasteiger charge is -2.08. The second kappa shape index (κ2) is 7.65. The minimum atomic E-state index is -0.128. The van der Waals surface area contributed by atoms with Crippen LogP contribution in [0.1, 0.15) is 31.1 Å². The maximum Gasteiger partial charge on any atom is 0.234 e. The Hall–Kier alpha value is -2.74. The smallest absolute Gasteiger partial charge is 0.234 e. The van der Waals surface area contributed by atoms with E-state index < -0.39 is 0 Å². The average molecular weight is 371 g/mol. The number of aryl methyl sites for hydroxylation is 1. The van der Waals surface area contributed by atoms with Crippen LogP contribution in [0.25, 0.3) is 11.4 Å². The maximum absolute atomic E-state index is 12.2. The van der Waals surface area contributed by atoms with Crippen LogP contribution < -0.4 is 11.2 Å². The van der Waals surface area contributed by atoms with Crippen molar-refractivity contribution in [2.75, 3.05) is 16.9 Å². The van der Waals surface area contributed by atoms with Crippen molar-refractivity contribution in [3.63, 3.8) is 0 Å². The highest BCUT2D eigenvalue weighted by molar-refractivity contribution is 7.99. The maximum atomic E-state index is 12.2. The van der Waals surface area contributed by atoms with Gasteiger partial charge in [-0.05, 0) is 36.6 Å². The third kappa shape index (κ3) is 3.91. The fourth-order valence-electron chi connectivity index (χ4n) is 2.45. The third-order valence-electron chi connectivity index (χ3n) is 3.96. The SMILES string of the molecule is Cc1occc1-c1nnc(SCC(=O)Nc2ccc(C(C)C)cc2)n1N. The number of rotatable bonds is 6. The predicted molar refractivity (Wildman–Crippen MR) is 102 cm³/mol. The van der Waals surface area contributed by atoms with E-state index in [0.29, 0.717) is 22.7 Å². The van der Waals surface area contributed by atoms with Crippen LogP contribution in [0.15, 0.2) is 46.2 Å². The molecule has 0 aliphatic heterocycles. The van der Waals surface area contributed by atoms with E-state index in [1.165, 1.54) is 22.0 Å². The van der Waals surface area contributed by atoms with Crippen molar-refractivity contribution in [1.82, 2.24) is 14.9 Å². The molecule has 26 heavy (non-hydrogen) atoms. The van der Waals surface area contributed by atoms with Gasteiger partial charge in [0.2, 0.25) is 11.1 Å². The summed E-state index contributed by atoms with van der Waals surface area (Å²) >= 11 is 1.23. The number of thioether (sulfide) groups is 1. The standard InChI is InChI=1S/C18H21N5O2S/c1-11(2)13-4-6-14(7-5-13)20-16(24)10-26-18-22-21-17(23(18)19)15-8-9-25-12(15)3/h4-9,11H,10,19H2,1-3H3,(H,20,24). The van der Waals surface area contributed by atoms with E-state index in [9.17, 15) is 4.79 Å². The van der Waals surface area contributed by atoms with Crippen LogP contribution in [-0.2, 0) is 4.79 Å². The number of nitrogens with one attached hydrogen (secondary N) is 1. The van der Waals surface area contributed by atoms with Crippen LogP contribution >= 0.6 is 11.8 Å². The molecule has 0 atom stereocenters. The topological polar surface area (TPSA) is 99.0 Å². The number of nitrogen functional groups attached to an aromatic ring is 1. The summed E-state index contributed by atoms with van der Waals surface area (Å²) < 4.78 is 6.63. The lowest BCUT2D eigenvalue weighted by Crippen LogP contribution is -2.16. The minimum Gasteiger partial charge on any atom is -0.469 e. The number of benzene rings is 1. The summed E-state index contributed by atoms with van der Waals surface area (Å²) in [6, 6.07) is 9.63. The summed E-state index contributed by atoms with van der Waals surface area (Å²) in [6.07, 6.45) is 1.57. The Morgan fingerprint density at radius 2 is 2.00 bits per heavy atom. The molecule has 0 unspecified atom stereocenters. The molecule has 0 radical (unpaired) electrons. The first kappa shape index (κ1) is 18.1. The highest BCUT2D eigenvalue weighted by Gasteiger charge is 2.16. The molecule has 0 bridgehead atoms. The quantitative estimate of drug-likeness (QED) is 0.509. The van der Waals surface area contributed by atoms with Crippen molar-refractivity contribution in [3.05, 3.63) is 47.9 Å². The number of hydrogen-bond acceptors (Lipinski definition) is 6. The molecule has 0 fully saturated rings. The molecule has 136 valence electrons. The zero-order chi connectivity index (χ0) is 18.7. The Bertz CT molecular complexity index is 899. The lowest BCUT2D eigenvalue weighted by atomic mass is 10.0. The molecule has 1 amide bonds. The van der Waals surface area contributed by atoms with E-state index in [-0.39, 0.29) is 11.7 Å². The highest BCUT2D eigenvalue weighted by atomic mass is 32.2. The molecule has 2 aromatic heterocycles. The predicted octanol–water partition coefficient (Wildman–Crippen LogP) is 3.41. The molecule has 0 saturated heterocycles. The number of hydrogen-bond donors (Lipinski definition) is 2. The number of nitrogens with zero attached hydrogens (tertiary/aromatic N) is 3. The first-order valence-corrected chi connectivity index (χ1v) is 9.22. The van der Waals surface area contributed by atoms with Gasteiger partial charge in [0.05, 0.1) is 17.6 Å². The summed E-state index contributed by atoms with van der Waals surface area (Å²) in [4.78, 5) is 12.2. The number of aromatic nitrogens is 3. The van der Waals surface area contributed by atoms with Gasteiger partial charge in [-0.15, -0.1) is 10.2 Å². The number of nitrogens with two attached hydrogens (primary N) is 1. The number of anilines is 1. The van der Waals surface area contributed by atoms with Gasteiger partial charge in [-0.25, -0.2) is 4.68 Å². The molecule has 3 rings (SSSR count). The van der Waals surface area contributed by atoms with E-state index in [0.717, 1.165) is 11.3 Å². The molecular formula is C18H21N5O2S. The number of furan rings is 1. The van der Waals surface area contributed by atoms with Crippen molar-refractivity contribution < 1.29 is 9.21 Å². The summed E-state index contributed by atoms with van der Waals surface area (Å²) in [5.41, 5.74) is 2.78. The number of carbonyl (C=O) groups is 1. The molecule has 3 N–H and O–H groups in total. The summed E-state index contributed by atoms with van der Waals surface area (Å²) in [7, 11) is 0. The Balaban J connectivity index is 1.60. The fourth-order valence-corrected chi connectivity index (χ4v) is 3.11. The molecule has 0 spiro atoms. The van der Waals surface area contributed by atoms with Gasteiger partial charge >= 0.3 is 0 Å². The van der Waals surface area contributed by atoms with Crippen molar-refractivity contribution in [1.29, 1.82) is 0 Å². The minimum absolute atomic E-state index is 0.128. The van der Waals surface area contributed by atoms with Crippen molar-refractivity contribution in [2.24, 2.45) is 0 Å². The van der Waals surface area contributed by atoms with Gasteiger partial charge in [0, 0.05) is 5.69 Å². The van der Waals surface area contributed by atoms with Gasteiger partial charge in [0.25, 0.3) is 0 Å². The molecule has 8 heteroatoms. The van der Waals surface area contributed by atoms with Crippen LogP contribution in [0, 0.1) is 6.92 Å². The number of amides is 1. The second-order valence-electron chi connectivity index (χ2n) is 6.18. The van der Waals surface area contributed by atoms with Gasteiger partial charge in [0.1, 0.15) is 5.76 Å². The lowest BCUT2D eigenvalue weighted by molar-refractivity contribution is -0.113. The summed E-state index contributed by atoms with van der Waals surface area (Å²) in [5.74, 6) is 7.77.